The lowest BCUT2D eigenvalue weighted by molar-refractivity contribution is -0.119. The van der Waals surface area contributed by atoms with Crippen molar-refractivity contribution in [1.29, 1.82) is 5.26 Å². The molecular formula is C12H9N3O6S2. The van der Waals surface area contributed by atoms with Gasteiger partial charge in [0.15, 0.2) is 6.61 Å². The van der Waals surface area contributed by atoms with E-state index in [9.17, 15) is 18.0 Å². The Morgan fingerprint density at radius 1 is 1.39 bits per heavy atom. The molecule has 1 amide bonds. The number of hydrogen-bond acceptors (Lipinski definition) is 8. The van der Waals surface area contributed by atoms with Gasteiger partial charge >= 0.3 is 5.97 Å². The van der Waals surface area contributed by atoms with Gasteiger partial charge < -0.3 is 14.5 Å². The van der Waals surface area contributed by atoms with E-state index in [1.165, 1.54) is 6.07 Å². The molecule has 3 N–H and O–H groups in total. The number of carbonyl (C=O) groups excluding carboxylic acids is 2. The van der Waals surface area contributed by atoms with Crippen LogP contribution in [-0.4, -0.2) is 26.9 Å². The van der Waals surface area contributed by atoms with Crippen LogP contribution in [0.3, 0.4) is 0 Å². The Hall–Kier alpha value is -2.68. The Morgan fingerprint density at radius 3 is 2.74 bits per heavy atom. The largest absolute Gasteiger partial charge is 0.450 e. The molecule has 0 unspecified atom stereocenters. The number of hydrogen-bond donors (Lipinski definition) is 2. The Morgan fingerprint density at radius 2 is 2.13 bits per heavy atom. The average Bonchev–Trinajstić information content (AvgIpc) is 3.12. The molecule has 0 atom stereocenters. The zero-order chi connectivity index (χ0) is 17.0. The van der Waals surface area contributed by atoms with Crippen LogP contribution in [0.1, 0.15) is 16.1 Å². The lowest BCUT2D eigenvalue weighted by Gasteiger charge is -2.04. The van der Waals surface area contributed by atoms with E-state index in [1.807, 2.05) is 6.07 Å². The highest BCUT2D eigenvalue weighted by Crippen LogP contribution is 2.21. The van der Waals surface area contributed by atoms with E-state index in [4.69, 9.17) is 14.8 Å². The fourth-order valence-corrected chi connectivity index (χ4v) is 2.66. The number of amides is 1. The topological polar surface area (TPSA) is 152 Å². The van der Waals surface area contributed by atoms with E-state index in [0.29, 0.717) is 10.6 Å². The van der Waals surface area contributed by atoms with Crippen molar-refractivity contribution in [3.63, 3.8) is 0 Å². The van der Waals surface area contributed by atoms with E-state index in [-0.39, 0.29) is 0 Å². The molecule has 0 radical (unpaired) electrons. The fraction of sp³-hybridized carbons (Fsp3) is 0.0833. The second kappa shape index (κ2) is 6.61. The van der Waals surface area contributed by atoms with Crippen molar-refractivity contribution in [2.75, 3.05) is 11.9 Å². The van der Waals surface area contributed by atoms with E-state index < -0.39 is 39.4 Å². The first-order chi connectivity index (χ1) is 10.8. The third-order valence-corrected chi connectivity index (χ3v) is 4.05. The van der Waals surface area contributed by atoms with Gasteiger partial charge in [-0.25, -0.2) is 18.4 Å². The summed E-state index contributed by atoms with van der Waals surface area (Å²) in [7, 11) is -4.07. The zero-order valence-corrected chi connectivity index (χ0v) is 12.9. The number of nitrogens with zero attached hydrogens (tertiary/aromatic N) is 1. The molecule has 0 bridgehead atoms. The first kappa shape index (κ1) is 16.7. The maximum Gasteiger partial charge on any atom is 0.374 e. The minimum Gasteiger partial charge on any atom is -0.450 e. The molecule has 0 spiro atoms. The standard InChI is InChI=1S/C12H9N3O6S2/c13-5-7-3-4-22-11(7)15-9(16)6-20-12(17)8-1-2-10(21-8)23(14,18)19/h1-4H,6H2,(H,15,16)(H2,14,18,19). The highest BCUT2D eigenvalue weighted by Gasteiger charge is 2.19. The van der Waals surface area contributed by atoms with E-state index in [0.717, 1.165) is 23.5 Å². The van der Waals surface area contributed by atoms with Crippen LogP contribution in [-0.2, 0) is 19.6 Å². The van der Waals surface area contributed by atoms with Crippen LogP contribution in [0.15, 0.2) is 33.1 Å². The van der Waals surface area contributed by atoms with Gasteiger partial charge in [0.2, 0.25) is 10.9 Å². The number of thiophene rings is 1. The van der Waals surface area contributed by atoms with Gasteiger partial charge in [-0.2, -0.15) is 5.26 Å². The van der Waals surface area contributed by atoms with Gasteiger partial charge in [-0.1, -0.05) is 0 Å². The molecule has 2 aromatic rings. The number of sulfonamides is 1. The predicted octanol–water partition coefficient (Wildman–Crippen LogP) is 0.656. The molecule has 0 aliphatic heterocycles. The third kappa shape index (κ3) is 4.16. The Bertz CT molecular complexity index is 890. The Kier molecular flexibility index (Phi) is 4.80. The summed E-state index contributed by atoms with van der Waals surface area (Å²) >= 11 is 1.15. The first-order valence-electron chi connectivity index (χ1n) is 5.88. The number of furan rings is 1. The van der Waals surface area contributed by atoms with Crippen molar-refractivity contribution in [2.24, 2.45) is 5.14 Å². The summed E-state index contributed by atoms with van der Waals surface area (Å²) in [6.07, 6.45) is 0. The maximum absolute atomic E-state index is 11.6. The minimum atomic E-state index is -4.07. The molecule has 2 aromatic heterocycles. The number of rotatable bonds is 5. The first-order valence-corrected chi connectivity index (χ1v) is 8.31. The molecule has 0 aliphatic carbocycles. The van der Waals surface area contributed by atoms with Crippen LogP contribution in [0, 0.1) is 11.3 Å². The number of ether oxygens (including phenoxy) is 1. The second-order valence-corrected chi connectivity index (χ2v) is 6.47. The second-order valence-electron chi connectivity index (χ2n) is 4.06. The molecule has 120 valence electrons. The van der Waals surface area contributed by atoms with Crippen LogP contribution in [0.5, 0.6) is 0 Å². The van der Waals surface area contributed by atoms with Gasteiger partial charge in [-0.3, -0.25) is 4.79 Å². The van der Waals surface area contributed by atoms with E-state index in [1.54, 1.807) is 5.38 Å². The number of primary sulfonamides is 1. The van der Waals surface area contributed by atoms with Crippen LogP contribution >= 0.6 is 11.3 Å². The number of nitriles is 1. The fourth-order valence-electron chi connectivity index (χ4n) is 1.44. The van der Waals surface area contributed by atoms with Crippen LogP contribution in [0.25, 0.3) is 0 Å². The van der Waals surface area contributed by atoms with Crippen molar-refractivity contribution < 1.29 is 27.2 Å². The normalized spacial score (nSPS) is 10.8. The average molecular weight is 355 g/mol. The molecule has 0 saturated heterocycles. The highest BCUT2D eigenvalue weighted by atomic mass is 32.2. The molecule has 0 aliphatic rings. The third-order valence-electron chi connectivity index (χ3n) is 2.44. The smallest absolute Gasteiger partial charge is 0.374 e. The summed E-state index contributed by atoms with van der Waals surface area (Å²) in [5.41, 5.74) is 0.290. The van der Waals surface area contributed by atoms with Crippen molar-refractivity contribution >= 4 is 38.2 Å². The number of nitrogens with one attached hydrogen (secondary N) is 1. The van der Waals surface area contributed by atoms with Crippen molar-refractivity contribution in [3.8, 4) is 6.07 Å². The van der Waals surface area contributed by atoms with Crippen molar-refractivity contribution in [1.82, 2.24) is 0 Å². The van der Waals surface area contributed by atoms with Crippen molar-refractivity contribution in [2.45, 2.75) is 5.09 Å². The highest BCUT2D eigenvalue weighted by molar-refractivity contribution is 7.89. The van der Waals surface area contributed by atoms with Gasteiger partial charge in [0.25, 0.3) is 15.9 Å². The predicted molar refractivity (Wildman–Crippen MR) is 78.0 cm³/mol. The van der Waals surface area contributed by atoms with Crippen LogP contribution in [0.2, 0.25) is 0 Å². The SMILES string of the molecule is N#Cc1ccsc1NC(=O)COC(=O)c1ccc(S(N)(=O)=O)o1. The van der Waals surface area contributed by atoms with Gasteiger partial charge in [0.1, 0.15) is 11.1 Å². The summed E-state index contributed by atoms with van der Waals surface area (Å²) in [5.74, 6) is -2.09. The Labute approximate surface area is 134 Å². The molecule has 23 heavy (non-hydrogen) atoms. The van der Waals surface area contributed by atoms with Gasteiger partial charge in [0, 0.05) is 0 Å². The number of esters is 1. The summed E-state index contributed by atoms with van der Waals surface area (Å²) in [6.45, 7) is -0.632. The quantitative estimate of drug-likeness (QED) is 0.747. The maximum atomic E-state index is 11.6. The lowest BCUT2D eigenvalue weighted by atomic mass is 10.3. The monoisotopic (exact) mass is 355 g/mol. The molecule has 9 nitrogen and oxygen atoms in total. The molecule has 11 heteroatoms. The van der Waals surface area contributed by atoms with Gasteiger partial charge in [-0.05, 0) is 23.6 Å². The summed E-state index contributed by atoms with van der Waals surface area (Å²) in [4.78, 5) is 23.3. The van der Waals surface area contributed by atoms with Crippen molar-refractivity contribution in [3.05, 3.63) is 34.9 Å². The number of carbonyl (C=O) groups is 2. The summed E-state index contributed by atoms with van der Waals surface area (Å²) in [6, 6.07) is 5.48. The number of anilines is 1. The molecular weight excluding hydrogens is 346 g/mol. The molecule has 2 rings (SSSR count). The molecule has 0 saturated carbocycles. The van der Waals surface area contributed by atoms with Gasteiger partial charge in [-0.15, -0.1) is 11.3 Å². The molecule has 0 aromatic carbocycles. The van der Waals surface area contributed by atoms with E-state index in [2.05, 4.69) is 10.1 Å². The Balaban J connectivity index is 1.93. The summed E-state index contributed by atoms with van der Waals surface area (Å²) < 4.78 is 31.4. The summed E-state index contributed by atoms with van der Waals surface area (Å²) in [5, 5.41) is 17.4. The van der Waals surface area contributed by atoms with Gasteiger partial charge in [0.05, 0.1) is 5.56 Å². The van der Waals surface area contributed by atoms with E-state index >= 15 is 0 Å². The van der Waals surface area contributed by atoms with Crippen LogP contribution in [0.4, 0.5) is 5.00 Å². The zero-order valence-electron chi connectivity index (χ0n) is 11.3. The molecule has 0 fully saturated rings. The number of nitrogens with two attached hydrogens (primary N) is 1. The minimum absolute atomic E-state index is 0.290. The molecule has 2 heterocycles. The lowest BCUT2D eigenvalue weighted by Crippen LogP contribution is -2.20. The van der Waals surface area contributed by atoms with Crippen LogP contribution < -0.4 is 10.5 Å².